The van der Waals surface area contributed by atoms with Crippen molar-refractivity contribution in [3.63, 3.8) is 0 Å². The third-order valence-electron chi connectivity index (χ3n) is 5.50. The van der Waals surface area contributed by atoms with E-state index in [0.29, 0.717) is 30.5 Å². The number of hydrogen-bond donors (Lipinski definition) is 2. The average Bonchev–Trinajstić information content (AvgIpc) is 3.09. The number of H-pyrrole nitrogens is 1. The average molecular weight is 445 g/mol. The van der Waals surface area contributed by atoms with E-state index in [2.05, 4.69) is 27.6 Å². The standard InChI is InChI=1S/C26H28N4O3/c1-4-8-19-18(13-14-28-26(19)27)25(32-3)17-11-12-22(23(15-17)31-2)33-16-24-29-20-9-6-5-7-10-21(20)30-24/h4-9,11-13,15,25H,1,10,14,16H2,2-3H3,(H2,27,28)(H,29,30)/b19-8-. The van der Waals surface area contributed by atoms with Gasteiger partial charge in [0.1, 0.15) is 24.4 Å². The number of aromatic nitrogens is 2. The summed E-state index contributed by atoms with van der Waals surface area (Å²) in [6, 6.07) is 5.77. The normalized spacial score (nSPS) is 17.1. The Labute approximate surface area is 193 Å². The predicted molar refractivity (Wildman–Crippen MR) is 130 cm³/mol. The fourth-order valence-electron chi connectivity index (χ4n) is 3.94. The molecule has 1 aromatic carbocycles. The number of amidine groups is 1. The Morgan fingerprint density at radius 3 is 2.91 bits per heavy atom. The first-order valence-electron chi connectivity index (χ1n) is 10.7. The van der Waals surface area contributed by atoms with Crippen LogP contribution in [0.25, 0.3) is 6.08 Å². The zero-order chi connectivity index (χ0) is 23.2. The van der Waals surface area contributed by atoms with Crippen LogP contribution >= 0.6 is 0 Å². The lowest BCUT2D eigenvalue weighted by atomic mass is 9.92. The highest BCUT2D eigenvalue weighted by Gasteiger charge is 2.24. The van der Waals surface area contributed by atoms with Gasteiger partial charge >= 0.3 is 0 Å². The van der Waals surface area contributed by atoms with Crippen LogP contribution in [0, 0.1) is 0 Å². The minimum atomic E-state index is -0.339. The van der Waals surface area contributed by atoms with Crippen molar-refractivity contribution < 1.29 is 14.2 Å². The van der Waals surface area contributed by atoms with Gasteiger partial charge in [-0.2, -0.15) is 0 Å². The number of imidazole rings is 1. The Hall–Kier alpha value is -3.84. The van der Waals surface area contributed by atoms with Crippen molar-refractivity contribution in [3.05, 3.63) is 95.2 Å². The van der Waals surface area contributed by atoms with Crippen molar-refractivity contribution >= 4 is 11.9 Å². The van der Waals surface area contributed by atoms with Crippen LogP contribution in [0.1, 0.15) is 28.9 Å². The topological polar surface area (TPSA) is 94.8 Å². The lowest BCUT2D eigenvalue weighted by Crippen LogP contribution is -2.23. The van der Waals surface area contributed by atoms with Gasteiger partial charge in [-0.3, -0.25) is 4.99 Å². The summed E-state index contributed by atoms with van der Waals surface area (Å²) in [6.07, 6.45) is 14.1. The minimum Gasteiger partial charge on any atom is -0.493 e. The molecule has 0 saturated heterocycles. The van der Waals surface area contributed by atoms with Crippen molar-refractivity contribution in [1.29, 1.82) is 0 Å². The third-order valence-corrected chi connectivity index (χ3v) is 5.50. The fraction of sp³-hybridized carbons (Fsp3) is 0.231. The zero-order valence-electron chi connectivity index (χ0n) is 18.9. The Balaban J connectivity index is 1.54. The van der Waals surface area contributed by atoms with E-state index in [1.807, 2.05) is 48.6 Å². The molecule has 0 fully saturated rings. The molecular formula is C26H28N4O3. The van der Waals surface area contributed by atoms with E-state index < -0.39 is 0 Å². The Bertz CT molecular complexity index is 1180. The number of nitrogens with zero attached hydrogens (tertiary/aromatic N) is 2. The molecule has 7 heteroatoms. The van der Waals surface area contributed by atoms with Crippen molar-refractivity contribution in [2.75, 3.05) is 20.8 Å². The number of ether oxygens (including phenoxy) is 3. The number of dihydropyridines is 1. The number of benzene rings is 1. The van der Waals surface area contributed by atoms with Crippen LogP contribution in [-0.2, 0) is 17.8 Å². The molecule has 1 atom stereocenters. The fourth-order valence-corrected chi connectivity index (χ4v) is 3.94. The van der Waals surface area contributed by atoms with Crippen LogP contribution in [-0.4, -0.2) is 36.6 Å². The van der Waals surface area contributed by atoms with Crippen LogP contribution in [0.15, 0.2) is 77.4 Å². The molecular weight excluding hydrogens is 416 g/mol. The van der Waals surface area contributed by atoms with Gasteiger partial charge in [-0.1, -0.05) is 49.1 Å². The van der Waals surface area contributed by atoms with E-state index in [1.165, 1.54) is 0 Å². The van der Waals surface area contributed by atoms with Gasteiger partial charge in [0, 0.05) is 24.8 Å². The molecule has 2 aliphatic rings. The van der Waals surface area contributed by atoms with Crippen LogP contribution in [0.2, 0.25) is 0 Å². The van der Waals surface area contributed by atoms with Crippen LogP contribution in [0.3, 0.4) is 0 Å². The molecule has 1 aromatic heterocycles. The zero-order valence-corrected chi connectivity index (χ0v) is 18.9. The molecule has 1 unspecified atom stereocenters. The van der Waals surface area contributed by atoms with Gasteiger partial charge in [-0.25, -0.2) is 4.98 Å². The molecule has 0 bridgehead atoms. The van der Waals surface area contributed by atoms with Gasteiger partial charge < -0.3 is 24.9 Å². The number of fused-ring (bicyclic) bond motifs is 1. The molecule has 2 aromatic rings. The summed E-state index contributed by atoms with van der Waals surface area (Å²) in [6.45, 7) is 4.60. The molecule has 1 aliphatic carbocycles. The molecule has 0 spiro atoms. The van der Waals surface area contributed by atoms with Crippen molar-refractivity contribution in [2.45, 2.75) is 19.1 Å². The number of nitrogens with one attached hydrogen (secondary N) is 1. The molecule has 0 saturated carbocycles. The first-order valence-corrected chi connectivity index (χ1v) is 10.7. The summed E-state index contributed by atoms with van der Waals surface area (Å²) < 4.78 is 17.5. The second-order valence-corrected chi connectivity index (χ2v) is 7.55. The molecule has 170 valence electrons. The summed E-state index contributed by atoms with van der Waals surface area (Å²) in [5, 5.41) is 0. The molecule has 3 N–H and O–H groups in total. The molecule has 0 radical (unpaired) electrons. The summed E-state index contributed by atoms with van der Waals surface area (Å²) >= 11 is 0. The van der Waals surface area contributed by atoms with Gasteiger partial charge in [-0.05, 0) is 29.3 Å². The van der Waals surface area contributed by atoms with Gasteiger partial charge in [0.2, 0.25) is 0 Å². The number of allylic oxidation sites excluding steroid dienone is 5. The number of methoxy groups -OCH3 is 2. The van der Waals surface area contributed by atoms with E-state index in [4.69, 9.17) is 19.9 Å². The number of aliphatic imine (C=N–C) groups is 1. The second-order valence-electron chi connectivity index (χ2n) is 7.55. The number of nitrogens with two attached hydrogens (primary N) is 1. The summed E-state index contributed by atoms with van der Waals surface area (Å²) in [4.78, 5) is 12.3. The highest BCUT2D eigenvalue weighted by Crippen LogP contribution is 2.37. The van der Waals surface area contributed by atoms with Crippen molar-refractivity contribution in [2.24, 2.45) is 10.7 Å². The smallest absolute Gasteiger partial charge is 0.161 e. The maximum atomic E-state index is 6.12. The molecule has 1 aliphatic heterocycles. The number of rotatable bonds is 8. The summed E-state index contributed by atoms with van der Waals surface area (Å²) in [5.41, 5.74) is 10.8. The van der Waals surface area contributed by atoms with Gasteiger partial charge in [0.25, 0.3) is 0 Å². The Kier molecular flexibility index (Phi) is 6.90. The SMILES string of the molecule is C=C/C=C1/C(C(OC)c2ccc(OCc3nc4c([nH]3)CC=CC=C4)c(OC)c2)=CCN=C1N. The lowest BCUT2D eigenvalue weighted by Gasteiger charge is -2.24. The second kappa shape index (κ2) is 10.2. The Morgan fingerprint density at radius 2 is 2.12 bits per heavy atom. The van der Waals surface area contributed by atoms with E-state index >= 15 is 0 Å². The first kappa shape index (κ1) is 22.4. The molecule has 2 heterocycles. The molecule has 4 rings (SSSR count). The van der Waals surface area contributed by atoms with Gasteiger partial charge in [-0.15, -0.1) is 0 Å². The van der Waals surface area contributed by atoms with E-state index in [-0.39, 0.29) is 6.10 Å². The maximum absolute atomic E-state index is 6.12. The highest BCUT2D eigenvalue weighted by atomic mass is 16.5. The lowest BCUT2D eigenvalue weighted by molar-refractivity contribution is 0.134. The van der Waals surface area contributed by atoms with E-state index in [0.717, 1.165) is 40.3 Å². The van der Waals surface area contributed by atoms with E-state index in [1.54, 1.807) is 20.3 Å². The summed E-state index contributed by atoms with van der Waals surface area (Å²) in [7, 11) is 3.29. The highest BCUT2D eigenvalue weighted by molar-refractivity contribution is 6.02. The maximum Gasteiger partial charge on any atom is 0.161 e. The monoisotopic (exact) mass is 444 g/mol. The molecule has 0 amide bonds. The Morgan fingerprint density at radius 1 is 1.24 bits per heavy atom. The predicted octanol–water partition coefficient (Wildman–Crippen LogP) is 4.22. The van der Waals surface area contributed by atoms with Crippen molar-refractivity contribution in [3.8, 4) is 11.5 Å². The van der Waals surface area contributed by atoms with Gasteiger partial charge in [0.15, 0.2) is 11.5 Å². The van der Waals surface area contributed by atoms with E-state index in [9.17, 15) is 0 Å². The molecule has 33 heavy (non-hydrogen) atoms. The molecule has 7 nitrogen and oxygen atoms in total. The quantitative estimate of drug-likeness (QED) is 0.636. The van der Waals surface area contributed by atoms with Crippen LogP contribution in [0.4, 0.5) is 0 Å². The minimum absolute atomic E-state index is 0.304. The largest absolute Gasteiger partial charge is 0.493 e. The van der Waals surface area contributed by atoms with Crippen molar-refractivity contribution in [1.82, 2.24) is 9.97 Å². The van der Waals surface area contributed by atoms with Crippen LogP contribution in [0.5, 0.6) is 11.5 Å². The number of aromatic amines is 1. The number of hydrogen-bond acceptors (Lipinski definition) is 6. The van der Waals surface area contributed by atoms with Gasteiger partial charge in [0.05, 0.1) is 19.3 Å². The third kappa shape index (κ3) is 4.83. The summed E-state index contributed by atoms with van der Waals surface area (Å²) in [5.74, 6) is 2.47. The van der Waals surface area contributed by atoms with Crippen LogP contribution < -0.4 is 15.2 Å². The first-order chi connectivity index (χ1) is 16.1.